The predicted octanol–water partition coefficient (Wildman–Crippen LogP) is 3.01. The van der Waals surface area contributed by atoms with Crippen molar-refractivity contribution < 1.29 is 9.53 Å². The molecular weight excluding hydrogens is 410 g/mol. The third-order valence-electron chi connectivity index (χ3n) is 5.10. The van der Waals surface area contributed by atoms with E-state index in [9.17, 15) is 4.79 Å². The Morgan fingerprint density at radius 2 is 1.81 bits per heavy atom. The van der Waals surface area contributed by atoms with E-state index in [1.807, 2.05) is 31.7 Å². The molecule has 0 radical (unpaired) electrons. The molecule has 0 aromatic carbocycles. The zero-order valence-electron chi connectivity index (χ0n) is 16.5. The summed E-state index contributed by atoms with van der Waals surface area (Å²) >= 11 is 3.42. The molecule has 0 saturated carbocycles. The minimum Gasteiger partial charge on any atom is -0.444 e. The number of halogens is 1. The van der Waals surface area contributed by atoms with Gasteiger partial charge in [-0.15, -0.1) is 0 Å². The Morgan fingerprint density at radius 3 is 2.41 bits per heavy atom. The first-order valence-electron chi connectivity index (χ1n) is 9.73. The third-order valence-corrected chi connectivity index (χ3v) is 5.53. The van der Waals surface area contributed by atoms with Gasteiger partial charge in [0, 0.05) is 51.9 Å². The van der Waals surface area contributed by atoms with Crippen molar-refractivity contribution in [3.63, 3.8) is 0 Å². The van der Waals surface area contributed by atoms with Crippen LogP contribution < -0.4 is 4.90 Å². The first-order chi connectivity index (χ1) is 12.8. The molecule has 2 aliphatic rings. The molecule has 1 amide bonds. The van der Waals surface area contributed by atoms with Crippen molar-refractivity contribution in [2.24, 2.45) is 5.92 Å². The highest BCUT2D eigenvalue weighted by Crippen LogP contribution is 2.24. The van der Waals surface area contributed by atoms with E-state index < -0.39 is 5.60 Å². The summed E-state index contributed by atoms with van der Waals surface area (Å²) in [5, 5.41) is 0. The monoisotopic (exact) mass is 439 g/mol. The highest BCUT2D eigenvalue weighted by atomic mass is 79.9. The van der Waals surface area contributed by atoms with Crippen LogP contribution in [0.3, 0.4) is 0 Å². The molecule has 8 heteroatoms. The molecule has 3 rings (SSSR count). The van der Waals surface area contributed by atoms with Crippen LogP contribution >= 0.6 is 15.9 Å². The highest BCUT2D eigenvalue weighted by Gasteiger charge is 2.28. The van der Waals surface area contributed by atoms with E-state index in [2.05, 4.69) is 35.7 Å². The van der Waals surface area contributed by atoms with E-state index in [0.29, 0.717) is 5.92 Å². The number of piperazine rings is 1. The number of nitrogens with zero attached hydrogens (tertiary/aromatic N) is 5. The second-order valence-electron chi connectivity index (χ2n) is 8.40. The first-order valence-corrected chi connectivity index (χ1v) is 10.5. The molecule has 2 aliphatic heterocycles. The summed E-state index contributed by atoms with van der Waals surface area (Å²) < 4.78 is 6.30. The van der Waals surface area contributed by atoms with Gasteiger partial charge in [-0.2, -0.15) is 0 Å². The van der Waals surface area contributed by atoms with Gasteiger partial charge in [0.25, 0.3) is 0 Å². The molecule has 0 aliphatic carbocycles. The van der Waals surface area contributed by atoms with Crippen molar-refractivity contribution >= 4 is 27.8 Å². The van der Waals surface area contributed by atoms with E-state index in [1.165, 1.54) is 12.8 Å². The SMILES string of the molecule is CC(C)(C)OC(=O)N1CCN(CC2CCN(c3cc(Br)ncn3)CC2)CC1. The van der Waals surface area contributed by atoms with Gasteiger partial charge < -0.3 is 14.5 Å². The molecule has 2 fully saturated rings. The van der Waals surface area contributed by atoms with Gasteiger partial charge in [-0.25, -0.2) is 14.8 Å². The number of piperidine rings is 1. The molecule has 2 saturated heterocycles. The number of ether oxygens (including phenoxy) is 1. The molecule has 0 unspecified atom stereocenters. The minimum atomic E-state index is -0.429. The van der Waals surface area contributed by atoms with Crippen molar-refractivity contribution in [2.45, 2.75) is 39.2 Å². The van der Waals surface area contributed by atoms with Crippen molar-refractivity contribution in [1.29, 1.82) is 0 Å². The average Bonchev–Trinajstić information content (AvgIpc) is 2.61. The number of amides is 1. The fraction of sp³-hybridized carbons (Fsp3) is 0.737. The predicted molar refractivity (Wildman–Crippen MR) is 109 cm³/mol. The topological polar surface area (TPSA) is 61.8 Å². The van der Waals surface area contributed by atoms with Gasteiger partial charge in [0.05, 0.1) is 0 Å². The molecule has 7 nitrogen and oxygen atoms in total. The van der Waals surface area contributed by atoms with Crippen LogP contribution in [0.1, 0.15) is 33.6 Å². The van der Waals surface area contributed by atoms with E-state index in [-0.39, 0.29) is 6.09 Å². The zero-order valence-corrected chi connectivity index (χ0v) is 18.1. The van der Waals surface area contributed by atoms with E-state index in [0.717, 1.165) is 56.2 Å². The highest BCUT2D eigenvalue weighted by molar-refractivity contribution is 9.10. The Labute approximate surface area is 170 Å². The van der Waals surface area contributed by atoms with Gasteiger partial charge in [0.1, 0.15) is 22.3 Å². The van der Waals surface area contributed by atoms with E-state index >= 15 is 0 Å². The Morgan fingerprint density at radius 1 is 1.15 bits per heavy atom. The van der Waals surface area contributed by atoms with Crippen LogP contribution in [0.4, 0.5) is 10.6 Å². The number of carbonyl (C=O) groups is 1. The summed E-state index contributed by atoms with van der Waals surface area (Å²) in [5.41, 5.74) is -0.429. The van der Waals surface area contributed by atoms with Crippen molar-refractivity contribution in [1.82, 2.24) is 19.8 Å². The summed E-state index contributed by atoms with van der Waals surface area (Å²) in [4.78, 5) is 27.3. The standard InChI is InChI=1S/C19H30BrN5O2/c1-19(2,3)27-18(26)25-10-8-23(9-11-25)13-15-4-6-24(7-5-15)17-12-16(20)21-14-22-17/h12,14-15H,4-11,13H2,1-3H3. The third kappa shape index (κ3) is 6.04. The minimum absolute atomic E-state index is 0.188. The van der Waals surface area contributed by atoms with Gasteiger partial charge in [0.2, 0.25) is 0 Å². The number of hydrogen-bond donors (Lipinski definition) is 0. The van der Waals surface area contributed by atoms with Crippen molar-refractivity contribution in [2.75, 3.05) is 50.7 Å². The largest absolute Gasteiger partial charge is 0.444 e. The number of carbonyl (C=O) groups excluding carboxylic acids is 1. The van der Waals surface area contributed by atoms with E-state index in [1.54, 1.807) is 6.33 Å². The first kappa shape index (κ1) is 20.3. The molecule has 0 spiro atoms. The van der Waals surface area contributed by atoms with Gasteiger partial charge in [-0.1, -0.05) is 0 Å². The number of hydrogen-bond acceptors (Lipinski definition) is 6. The van der Waals surface area contributed by atoms with Crippen LogP contribution in [-0.4, -0.2) is 77.3 Å². The van der Waals surface area contributed by atoms with Crippen molar-refractivity contribution in [3.8, 4) is 0 Å². The molecule has 3 heterocycles. The second-order valence-corrected chi connectivity index (χ2v) is 9.21. The Kier molecular flexibility index (Phi) is 6.57. The van der Waals surface area contributed by atoms with Crippen LogP contribution in [0.5, 0.6) is 0 Å². The zero-order chi connectivity index (χ0) is 19.4. The van der Waals surface area contributed by atoms with Gasteiger partial charge in [0.15, 0.2) is 0 Å². The number of rotatable bonds is 3. The smallest absolute Gasteiger partial charge is 0.410 e. The molecule has 0 N–H and O–H groups in total. The lowest BCUT2D eigenvalue weighted by Gasteiger charge is -2.39. The summed E-state index contributed by atoms with van der Waals surface area (Å²) in [6.45, 7) is 12.3. The summed E-state index contributed by atoms with van der Waals surface area (Å²) in [5.74, 6) is 1.71. The van der Waals surface area contributed by atoms with Crippen LogP contribution in [0.25, 0.3) is 0 Å². The molecule has 27 heavy (non-hydrogen) atoms. The number of aromatic nitrogens is 2. The Bertz CT molecular complexity index is 635. The summed E-state index contributed by atoms with van der Waals surface area (Å²) in [6, 6.07) is 1.98. The summed E-state index contributed by atoms with van der Waals surface area (Å²) in [6.07, 6.45) is 3.77. The molecule has 150 valence electrons. The second kappa shape index (κ2) is 8.73. The van der Waals surface area contributed by atoms with Crippen LogP contribution in [0.2, 0.25) is 0 Å². The number of anilines is 1. The molecule has 1 aromatic heterocycles. The maximum atomic E-state index is 12.2. The van der Waals surface area contributed by atoms with Gasteiger partial charge in [-0.3, -0.25) is 4.90 Å². The van der Waals surface area contributed by atoms with Gasteiger partial charge in [-0.05, 0) is 55.5 Å². The van der Waals surface area contributed by atoms with Crippen LogP contribution in [0, 0.1) is 5.92 Å². The fourth-order valence-electron chi connectivity index (χ4n) is 3.65. The Balaban J connectivity index is 1.40. The summed E-state index contributed by atoms with van der Waals surface area (Å²) in [7, 11) is 0. The van der Waals surface area contributed by atoms with Crippen LogP contribution in [0.15, 0.2) is 17.0 Å². The lowest BCUT2D eigenvalue weighted by atomic mass is 9.96. The van der Waals surface area contributed by atoms with Crippen LogP contribution in [-0.2, 0) is 4.74 Å². The lowest BCUT2D eigenvalue weighted by molar-refractivity contribution is 0.0130. The Hall–Kier alpha value is -1.41. The van der Waals surface area contributed by atoms with E-state index in [4.69, 9.17) is 4.74 Å². The maximum absolute atomic E-state index is 12.2. The average molecular weight is 440 g/mol. The van der Waals surface area contributed by atoms with Gasteiger partial charge >= 0.3 is 6.09 Å². The molecular formula is C19H30BrN5O2. The maximum Gasteiger partial charge on any atom is 0.410 e. The molecule has 0 atom stereocenters. The lowest BCUT2D eigenvalue weighted by Crippen LogP contribution is -2.51. The quantitative estimate of drug-likeness (QED) is 0.674. The normalized spacial score (nSPS) is 20.0. The molecule has 0 bridgehead atoms. The van der Waals surface area contributed by atoms with Crippen molar-refractivity contribution in [3.05, 3.63) is 17.0 Å². The molecule has 1 aromatic rings. The fourth-order valence-corrected chi connectivity index (χ4v) is 3.94.